The molecule has 0 spiro atoms. The third-order valence-electron chi connectivity index (χ3n) is 6.26. The van der Waals surface area contributed by atoms with Crippen molar-refractivity contribution in [1.29, 1.82) is 0 Å². The lowest BCUT2D eigenvalue weighted by atomic mass is 10.0. The average Bonchev–Trinajstić information content (AvgIpc) is 2.87. The van der Waals surface area contributed by atoms with E-state index in [0.29, 0.717) is 35.3 Å². The van der Waals surface area contributed by atoms with Gasteiger partial charge in [-0.1, -0.05) is 31.0 Å². The molecular weight excluding hydrogens is 486 g/mol. The largest absolute Gasteiger partial charge is 0.506 e. The van der Waals surface area contributed by atoms with Gasteiger partial charge < -0.3 is 36.3 Å². The number of hydrogen-bond acceptors (Lipinski definition) is 7. The molecule has 10 nitrogen and oxygen atoms in total. The number of H-pyrrole nitrogens is 1. The number of aromatic nitrogens is 1. The molecular formula is C28H39N5O5. The minimum absolute atomic E-state index is 0.0145. The summed E-state index contributed by atoms with van der Waals surface area (Å²) in [5, 5.41) is 27.1. The molecule has 0 fully saturated rings. The van der Waals surface area contributed by atoms with E-state index < -0.39 is 12.1 Å². The number of amides is 2. The van der Waals surface area contributed by atoms with Crippen LogP contribution in [0.3, 0.4) is 0 Å². The number of aromatic amines is 1. The molecule has 2 aromatic carbocycles. The number of phenolic OH excluding ortho intramolecular Hbond substituents is 1. The van der Waals surface area contributed by atoms with Gasteiger partial charge in [0.15, 0.2) is 0 Å². The summed E-state index contributed by atoms with van der Waals surface area (Å²) in [4.78, 5) is 27.3. The molecule has 0 aliphatic rings. The number of fused-ring (bicyclic) bond motifs is 1. The number of nitrogens with one attached hydrogen (secondary N) is 3. The fourth-order valence-corrected chi connectivity index (χ4v) is 4.31. The number of phenols is 1. The maximum Gasteiger partial charge on any atom is 0.316 e. The van der Waals surface area contributed by atoms with Crippen molar-refractivity contribution < 1.29 is 19.7 Å². The normalized spacial score (nSPS) is 12.2. The first kappa shape index (κ1) is 29.1. The summed E-state index contributed by atoms with van der Waals surface area (Å²) in [6.45, 7) is 4.14. The van der Waals surface area contributed by atoms with E-state index in [9.17, 15) is 19.8 Å². The van der Waals surface area contributed by atoms with Crippen LogP contribution in [-0.2, 0) is 11.3 Å². The molecule has 0 radical (unpaired) electrons. The average molecular weight is 526 g/mol. The maximum absolute atomic E-state index is 11.5. The third kappa shape index (κ3) is 9.46. The van der Waals surface area contributed by atoms with Gasteiger partial charge in [-0.25, -0.2) is 4.79 Å². The number of carbonyl (C=O) groups excluding carboxylic acids is 1. The van der Waals surface area contributed by atoms with Crippen LogP contribution in [0.2, 0.25) is 0 Å². The molecule has 206 valence electrons. The van der Waals surface area contributed by atoms with Gasteiger partial charge in [0.1, 0.15) is 5.75 Å². The summed E-state index contributed by atoms with van der Waals surface area (Å²) in [5.74, 6) is -0.0145. The van der Waals surface area contributed by atoms with Gasteiger partial charge in [0, 0.05) is 43.4 Å². The number of likely N-dealkylation sites (N-methyl/N-ethyl adjacent to an activating group) is 1. The van der Waals surface area contributed by atoms with E-state index in [1.807, 2.05) is 25.2 Å². The van der Waals surface area contributed by atoms with Gasteiger partial charge >= 0.3 is 6.03 Å². The summed E-state index contributed by atoms with van der Waals surface area (Å²) in [5.41, 5.74) is 7.66. The lowest BCUT2D eigenvalue weighted by Gasteiger charge is -2.17. The van der Waals surface area contributed by atoms with E-state index in [0.717, 1.165) is 57.5 Å². The van der Waals surface area contributed by atoms with Crippen molar-refractivity contribution in [2.24, 2.45) is 5.73 Å². The number of ether oxygens (including phenoxy) is 1. The van der Waals surface area contributed by atoms with Crippen LogP contribution < -0.4 is 21.9 Å². The van der Waals surface area contributed by atoms with Gasteiger partial charge in [0.25, 0.3) is 0 Å². The highest BCUT2D eigenvalue weighted by molar-refractivity contribution is 5.88. The first-order valence-electron chi connectivity index (χ1n) is 13.0. The second-order valence-corrected chi connectivity index (χ2v) is 9.46. The van der Waals surface area contributed by atoms with Crippen molar-refractivity contribution in [1.82, 2.24) is 15.2 Å². The van der Waals surface area contributed by atoms with Crippen LogP contribution >= 0.6 is 0 Å². The number of pyridine rings is 1. The molecule has 0 saturated carbocycles. The molecule has 0 aliphatic heterocycles. The van der Waals surface area contributed by atoms with Crippen molar-refractivity contribution >= 4 is 22.6 Å². The number of aromatic hydroxyl groups is 1. The highest BCUT2D eigenvalue weighted by Crippen LogP contribution is 2.28. The van der Waals surface area contributed by atoms with Crippen LogP contribution in [0.4, 0.5) is 10.5 Å². The second kappa shape index (κ2) is 15.1. The molecule has 2 amide bonds. The van der Waals surface area contributed by atoms with Gasteiger partial charge in [-0.2, -0.15) is 0 Å². The quantitative estimate of drug-likeness (QED) is 0.157. The van der Waals surface area contributed by atoms with E-state index in [1.165, 1.54) is 12.1 Å². The van der Waals surface area contributed by atoms with E-state index in [-0.39, 0.29) is 11.3 Å². The van der Waals surface area contributed by atoms with Crippen LogP contribution in [0.25, 0.3) is 10.9 Å². The Hall–Kier alpha value is -3.44. The zero-order chi connectivity index (χ0) is 27.3. The lowest BCUT2D eigenvalue weighted by molar-refractivity contribution is 0.106. The van der Waals surface area contributed by atoms with Gasteiger partial charge in [-0.3, -0.25) is 9.69 Å². The van der Waals surface area contributed by atoms with Crippen LogP contribution in [0.5, 0.6) is 5.75 Å². The van der Waals surface area contributed by atoms with Gasteiger partial charge in [0.2, 0.25) is 5.56 Å². The van der Waals surface area contributed by atoms with E-state index in [1.54, 1.807) is 18.2 Å². The molecule has 0 bridgehead atoms. The molecule has 1 atom stereocenters. The summed E-state index contributed by atoms with van der Waals surface area (Å²) in [6.07, 6.45) is 3.42. The Balaban J connectivity index is 1.22. The Morgan fingerprint density at radius 3 is 2.74 bits per heavy atom. The van der Waals surface area contributed by atoms with Crippen LogP contribution in [-0.4, -0.2) is 66.0 Å². The van der Waals surface area contributed by atoms with E-state index in [2.05, 4.69) is 20.5 Å². The third-order valence-corrected chi connectivity index (χ3v) is 6.26. The first-order valence-corrected chi connectivity index (χ1v) is 13.0. The summed E-state index contributed by atoms with van der Waals surface area (Å²) < 4.78 is 5.77. The molecule has 38 heavy (non-hydrogen) atoms. The van der Waals surface area contributed by atoms with Gasteiger partial charge in [0.05, 0.1) is 18.2 Å². The molecule has 3 aromatic rings. The Labute approximate surface area is 222 Å². The van der Waals surface area contributed by atoms with Crippen molar-refractivity contribution in [3.8, 4) is 5.75 Å². The number of urea groups is 1. The smallest absolute Gasteiger partial charge is 0.316 e. The number of rotatable bonds is 16. The van der Waals surface area contributed by atoms with Gasteiger partial charge in [-0.05, 0) is 61.8 Å². The topological polar surface area (TPSA) is 153 Å². The summed E-state index contributed by atoms with van der Waals surface area (Å²) in [6, 6.07) is 13.2. The molecule has 10 heteroatoms. The molecule has 0 saturated heterocycles. The number of hydrogen-bond donors (Lipinski definition) is 6. The second-order valence-electron chi connectivity index (χ2n) is 9.46. The SMILES string of the molecule is CN(CCOCCCCCCNCC(O)c1ccc(O)c2[nH]c(=O)ccc12)Cc1cccc(NC(N)=O)c1. The standard InChI is InChI=1S/C28H39N5O5/c1-33(19-20-7-6-8-21(17-20)31-28(29)37)14-16-38-15-5-3-2-4-13-30-18-25(35)22-9-11-24(34)27-23(22)10-12-26(36)32-27/h6-12,17,25,30,34-35H,2-5,13-16,18-19H2,1H3,(H,32,36)(H3,29,31,37). The number of benzene rings is 2. The summed E-state index contributed by atoms with van der Waals surface area (Å²) >= 11 is 0. The van der Waals surface area contributed by atoms with E-state index in [4.69, 9.17) is 10.5 Å². The molecule has 1 aromatic heterocycles. The molecule has 3 rings (SSSR count). The van der Waals surface area contributed by atoms with Crippen molar-refractivity contribution in [3.05, 3.63) is 70.0 Å². The maximum atomic E-state index is 11.5. The number of anilines is 1. The Bertz CT molecular complexity index is 1230. The lowest BCUT2D eigenvalue weighted by Crippen LogP contribution is -2.23. The number of primary amides is 1. The fourth-order valence-electron chi connectivity index (χ4n) is 4.31. The number of aliphatic hydroxyl groups is 1. The number of aliphatic hydroxyl groups excluding tert-OH is 1. The zero-order valence-corrected chi connectivity index (χ0v) is 21.9. The zero-order valence-electron chi connectivity index (χ0n) is 21.9. The molecule has 0 aliphatic carbocycles. The number of unbranched alkanes of at least 4 members (excludes halogenated alkanes) is 3. The highest BCUT2D eigenvalue weighted by Gasteiger charge is 2.13. The number of nitrogens with zero attached hydrogens (tertiary/aromatic N) is 1. The summed E-state index contributed by atoms with van der Waals surface area (Å²) in [7, 11) is 2.03. The molecule has 1 unspecified atom stereocenters. The monoisotopic (exact) mass is 525 g/mol. The molecule has 1 heterocycles. The number of carbonyl (C=O) groups is 1. The minimum atomic E-state index is -0.744. The number of nitrogens with two attached hydrogens (primary N) is 1. The minimum Gasteiger partial charge on any atom is -0.506 e. The van der Waals surface area contributed by atoms with Crippen molar-refractivity contribution in [2.45, 2.75) is 38.3 Å². The Morgan fingerprint density at radius 1 is 1.11 bits per heavy atom. The highest BCUT2D eigenvalue weighted by atomic mass is 16.5. The predicted octanol–water partition coefficient (Wildman–Crippen LogP) is 3.06. The van der Waals surface area contributed by atoms with E-state index >= 15 is 0 Å². The van der Waals surface area contributed by atoms with Gasteiger partial charge in [-0.15, -0.1) is 0 Å². The first-order chi connectivity index (χ1) is 18.3. The van der Waals surface area contributed by atoms with Crippen LogP contribution in [0.15, 0.2) is 53.3 Å². The Kier molecular flexibility index (Phi) is 11.6. The fraction of sp³-hybridized carbons (Fsp3) is 0.429. The Morgan fingerprint density at radius 2 is 1.92 bits per heavy atom. The predicted molar refractivity (Wildman–Crippen MR) is 149 cm³/mol. The van der Waals surface area contributed by atoms with Crippen LogP contribution in [0, 0.1) is 0 Å². The van der Waals surface area contributed by atoms with Crippen molar-refractivity contribution in [2.75, 3.05) is 45.2 Å². The van der Waals surface area contributed by atoms with Crippen LogP contribution in [0.1, 0.15) is 42.9 Å². The molecule has 7 N–H and O–H groups in total. The van der Waals surface area contributed by atoms with Crippen molar-refractivity contribution in [3.63, 3.8) is 0 Å².